The molecule has 2 N–H and O–H groups in total. The van der Waals surface area contributed by atoms with Crippen molar-refractivity contribution in [2.45, 2.75) is 26.4 Å². The van der Waals surface area contributed by atoms with E-state index in [0.717, 1.165) is 0 Å². The molecule has 0 heterocycles. The maximum atomic E-state index is 12.9. The summed E-state index contributed by atoms with van der Waals surface area (Å²) < 4.78 is 18.0. The van der Waals surface area contributed by atoms with Crippen LogP contribution in [0.2, 0.25) is 5.02 Å². The van der Waals surface area contributed by atoms with Gasteiger partial charge in [0.05, 0.1) is 5.02 Å². The largest absolute Gasteiger partial charge is 0.444 e. The topological polar surface area (TPSA) is 50.4 Å². The van der Waals surface area contributed by atoms with E-state index in [1.165, 1.54) is 12.1 Å². The maximum Gasteiger partial charge on any atom is 0.407 e. The zero-order chi connectivity index (χ0) is 14.5. The standard InChI is InChI=1S/C13H18ClFN2O2/c1-13(2,3)19-12(18)17-7-6-16-9-4-5-11(15)10(14)8-9/h4-5,8,16H,6-7H2,1-3H3,(H,17,18). The second-order valence-electron chi connectivity index (χ2n) is 4.98. The Balaban J connectivity index is 2.27. The van der Waals surface area contributed by atoms with Crippen LogP contribution in [-0.4, -0.2) is 24.8 Å². The Labute approximate surface area is 117 Å². The summed E-state index contributed by atoms with van der Waals surface area (Å²) in [5.41, 5.74) is 0.180. The summed E-state index contributed by atoms with van der Waals surface area (Å²) in [5.74, 6) is -0.459. The van der Waals surface area contributed by atoms with Crippen molar-refractivity contribution >= 4 is 23.4 Å². The average Bonchev–Trinajstić information content (AvgIpc) is 2.27. The van der Waals surface area contributed by atoms with Gasteiger partial charge in [-0.15, -0.1) is 0 Å². The number of ether oxygens (including phenoxy) is 1. The van der Waals surface area contributed by atoms with Gasteiger partial charge in [-0.2, -0.15) is 0 Å². The van der Waals surface area contributed by atoms with Crippen molar-refractivity contribution in [3.05, 3.63) is 29.0 Å². The lowest BCUT2D eigenvalue weighted by atomic mass is 10.2. The highest BCUT2D eigenvalue weighted by atomic mass is 35.5. The summed E-state index contributed by atoms with van der Waals surface area (Å²) in [6, 6.07) is 4.35. The van der Waals surface area contributed by atoms with E-state index in [4.69, 9.17) is 16.3 Å². The normalized spacial score (nSPS) is 11.0. The van der Waals surface area contributed by atoms with Crippen molar-refractivity contribution in [3.8, 4) is 0 Å². The van der Waals surface area contributed by atoms with Crippen LogP contribution < -0.4 is 10.6 Å². The zero-order valence-electron chi connectivity index (χ0n) is 11.2. The van der Waals surface area contributed by atoms with Crippen molar-refractivity contribution in [1.29, 1.82) is 0 Å². The Morgan fingerprint density at radius 3 is 2.63 bits per heavy atom. The van der Waals surface area contributed by atoms with Gasteiger partial charge in [-0.05, 0) is 39.0 Å². The van der Waals surface area contributed by atoms with Gasteiger partial charge in [0.15, 0.2) is 0 Å². The van der Waals surface area contributed by atoms with E-state index in [2.05, 4.69) is 10.6 Å². The molecule has 0 aliphatic rings. The van der Waals surface area contributed by atoms with Crippen LogP contribution in [0.25, 0.3) is 0 Å². The summed E-state index contributed by atoms with van der Waals surface area (Å²) >= 11 is 5.64. The first kappa shape index (κ1) is 15.6. The number of hydrogen-bond donors (Lipinski definition) is 2. The average molecular weight is 289 g/mol. The Hall–Kier alpha value is -1.49. The van der Waals surface area contributed by atoms with E-state index in [1.54, 1.807) is 26.8 Å². The lowest BCUT2D eigenvalue weighted by Gasteiger charge is -2.19. The summed E-state index contributed by atoms with van der Waals surface area (Å²) in [6.07, 6.45) is -0.466. The highest BCUT2D eigenvalue weighted by molar-refractivity contribution is 6.31. The summed E-state index contributed by atoms with van der Waals surface area (Å²) in [5, 5.41) is 5.67. The SMILES string of the molecule is CC(C)(C)OC(=O)NCCNc1ccc(F)c(Cl)c1. The van der Waals surface area contributed by atoms with E-state index in [0.29, 0.717) is 18.8 Å². The molecule has 0 atom stereocenters. The number of benzene rings is 1. The molecule has 1 rings (SSSR count). The van der Waals surface area contributed by atoms with Crippen molar-refractivity contribution in [2.24, 2.45) is 0 Å². The first-order chi connectivity index (χ1) is 8.78. The molecule has 0 unspecified atom stereocenters. The van der Waals surface area contributed by atoms with E-state index < -0.39 is 17.5 Å². The molecule has 0 aliphatic heterocycles. The molecular weight excluding hydrogens is 271 g/mol. The highest BCUT2D eigenvalue weighted by Gasteiger charge is 2.15. The van der Waals surface area contributed by atoms with Crippen molar-refractivity contribution in [3.63, 3.8) is 0 Å². The van der Waals surface area contributed by atoms with E-state index >= 15 is 0 Å². The smallest absolute Gasteiger partial charge is 0.407 e. The molecule has 1 aromatic carbocycles. The number of halogens is 2. The summed E-state index contributed by atoms with van der Waals surface area (Å²) in [6.45, 7) is 6.27. The van der Waals surface area contributed by atoms with Crippen molar-refractivity contribution < 1.29 is 13.9 Å². The molecule has 4 nitrogen and oxygen atoms in total. The minimum absolute atomic E-state index is 0.0603. The Morgan fingerprint density at radius 2 is 2.05 bits per heavy atom. The number of nitrogens with one attached hydrogen (secondary N) is 2. The van der Waals surface area contributed by atoms with Crippen LogP contribution in [0.5, 0.6) is 0 Å². The van der Waals surface area contributed by atoms with E-state index in [1.807, 2.05) is 0 Å². The molecule has 19 heavy (non-hydrogen) atoms. The van der Waals surface area contributed by atoms with Gasteiger partial charge in [-0.1, -0.05) is 11.6 Å². The fourth-order valence-electron chi connectivity index (χ4n) is 1.29. The molecule has 1 amide bonds. The molecule has 0 saturated carbocycles. The first-order valence-corrected chi connectivity index (χ1v) is 6.31. The Bertz CT molecular complexity index is 447. The van der Waals surface area contributed by atoms with Gasteiger partial charge in [-0.25, -0.2) is 9.18 Å². The molecule has 0 spiro atoms. The second-order valence-corrected chi connectivity index (χ2v) is 5.39. The number of alkyl carbamates (subject to hydrolysis) is 1. The molecule has 0 bridgehead atoms. The monoisotopic (exact) mass is 288 g/mol. The number of hydrogen-bond acceptors (Lipinski definition) is 3. The molecule has 1 aromatic rings. The Kier molecular flexibility index (Phi) is 5.42. The molecule has 6 heteroatoms. The van der Waals surface area contributed by atoms with E-state index in [9.17, 15) is 9.18 Å². The lowest BCUT2D eigenvalue weighted by Crippen LogP contribution is -2.34. The lowest BCUT2D eigenvalue weighted by molar-refractivity contribution is 0.0530. The maximum absolute atomic E-state index is 12.9. The van der Waals surface area contributed by atoms with Crippen molar-refractivity contribution in [2.75, 3.05) is 18.4 Å². The van der Waals surface area contributed by atoms with Crippen molar-refractivity contribution in [1.82, 2.24) is 5.32 Å². The van der Waals surface area contributed by atoms with E-state index in [-0.39, 0.29) is 5.02 Å². The van der Waals surface area contributed by atoms with Gasteiger partial charge in [-0.3, -0.25) is 0 Å². The molecule has 0 aromatic heterocycles. The Morgan fingerprint density at radius 1 is 1.37 bits per heavy atom. The van der Waals surface area contributed by atoms with Crippen LogP contribution in [0.1, 0.15) is 20.8 Å². The minimum Gasteiger partial charge on any atom is -0.444 e. The fraction of sp³-hybridized carbons (Fsp3) is 0.462. The van der Waals surface area contributed by atoms with Crippen LogP contribution in [0.4, 0.5) is 14.9 Å². The molecule has 106 valence electrons. The molecule has 0 radical (unpaired) electrons. The van der Waals surface area contributed by atoms with Gasteiger partial charge in [0.2, 0.25) is 0 Å². The quantitative estimate of drug-likeness (QED) is 0.835. The third-order valence-electron chi connectivity index (χ3n) is 2.04. The molecular formula is C13H18ClFN2O2. The second kappa shape index (κ2) is 6.61. The first-order valence-electron chi connectivity index (χ1n) is 5.94. The fourth-order valence-corrected chi connectivity index (χ4v) is 1.47. The van der Waals surface area contributed by atoms with Gasteiger partial charge < -0.3 is 15.4 Å². The summed E-state index contributed by atoms with van der Waals surface area (Å²) in [4.78, 5) is 11.3. The number of carbonyl (C=O) groups excluding carboxylic acids is 1. The predicted molar refractivity (Wildman–Crippen MR) is 74.1 cm³/mol. The highest BCUT2D eigenvalue weighted by Crippen LogP contribution is 2.18. The van der Waals surface area contributed by atoms with Gasteiger partial charge in [0, 0.05) is 18.8 Å². The summed E-state index contributed by atoms with van der Waals surface area (Å²) in [7, 11) is 0. The molecule has 0 fully saturated rings. The predicted octanol–water partition coefficient (Wildman–Crippen LogP) is 3.42. The van der Waals surface area contributed by atoms with Crippen LogP contribution in [0.15, 0.2) is 18.2 Å². The van der Waals surface area contributed by atoms with Crippen LogP contribution in [-0.2, 0) is 4.74 Å². The number of amides is 1. The zero-order valence-corrected chi connectivity index (χ0v) is 12.0. The van der Waals surface area contributed by atoms with Gasteiger partial charge >= 0.3 is 6.09 Å². The molecule has 0 aliphatic carbocycles. The number of anilines is 1. The van der Waals surface area contributed by atoms with Crippen LogP contribution in [0, 0.1) is 5.82 Å². The number of carbonyl (C=O) groups is 1. The van der Waals surface area contributed by atoms with Gasteiger partial charge in [0.25, 0.3) is 0 Å². The van der Waals surface area contributed by atoms with Crippen LogP contribution >= 0.6 is 11.6 Å². The number of rotatable bonds is 4. The van der Waals surface area contributed by atoms with Gasteiger partial charge in [0.1, 0.15) is 11.4 Å². The third-order valence-corrected chi connectivity index (χ3v) is 2.33. The minimum atomic E-state index is -0.512. The third kappa shape index (κ3) is 6.29. The molecule has 0 saturated heterocycles. The van der Waals surface area contributed by atoms with Crippen LogP contribution in [0.3, 0.4) is 0 Å².